The Morgan fingerprint density at radius 3 is 2.44 bits per heavy atom. The molecule has 0 spiro atoms. The van der Waals surface area contributed by atoms with E-state index < -0.39 is 17.1 Å². The number of rotatable bonds is 6. The Bertz CT molecular complexity index is 696. The lowest BCUT2D eigenvalue weighted by Gasteiger charge is -2.13. The van der Waals surface area contributed by atoms with Gasteiger partial charge < -0.3 is 9.64 Å². The third-order valence-corrected chi connectivity index (χ3v) is 4.35. The van der Waals surface area contributed by atoms with Gasteiger partial charge in [-0.3, -0.25) is 19.3 Å². The monoisotopic (exact) mass is 362 g/mol. The molecule has 1 aromatic carbocycles. The number of amides is 2. The van der Waals surface area contributed by atoms with Crippen molar-refractivity contribution in [2.45, 2.75) is 13.8 Å². The molecule has 0 unspecified atom stereocenters. The average molecular weight is 362 g/mol. The molecule has 1 aliphatic heterocycles. The highest BCUT2D eigenvalue weighted by molar-refractivity contribution is 8.18. The Morgan fingerprint density at radius 1 is 1.24 bits per heavy atom. The van der Waals surface area contributed by atoms with Crippen molar-refractivity contribution >= 4 is 40.6 Å². The van der Waals surface area contributed by atoms with Crippen LogP contribution in [0.3, 0.4) is 0 Å². The van der Waals surface area contributed by atoms with Crippen LogP contribution in [0.5, 0.6) is 0 Å². The summed E-state index contributed by atoms with van der Waals surface area (Å²) in [4.78, 5) is 39.3. The standard InChI is InChI=1S/C18H22N2O4S/c1-12(2)11-24-16(21)10-20-17(22)15(25-18(20)23)9-13-5-7-14(8-6-13)19(3)4/h5-9,12H,10-11H2,1-4H3/b15-9+. The molecule has 1 fully saturated rings. The lowest BCUT2D eigenvalue weighted by Crippen LogP contribution is -2.34. The van der Waals surface area contributed by atoms with Crippen molar-refractivity contribution in [3.63, 3.8) is 0 Å². The van der Waals surface area contributed by atoms with Gasteiger partial charge in [-0.05, 0) is 41.5 Å². The number of esters is 1. The van der Waals surface area contributed by atoms with E-state index in [1.165, 1.54) is 0 Å². The van der Waals surface area contributed by atoms with Crippen LogP contribution in [-0.4, -0.2) is 49.3 Å². The molecule has 1 aromatic rings. The molecule has 1 aliphatic rings. The summed E-state index contributed by atoms with van der Waals surface area (Å²) in [5.74, 6) is -0.843. The van der Waals surface area contributed by atoms with Gasteiger partial charge in [0.25, 0.3) is 11.1 Å². The number of imide groups is 1. The zero-order valence-electron chi connectivity index (χ0n) is 14.8. The molecule has 0 N–H and O–H groups in total. The normalized spacial score (nSPS) is 16.0. The molecular formula is C18H22N2O4S. The van der Waals surface area contributed by atoms with Crippen molar-refractivity contribution in [1.82, 2.24) is 4.90 Å². The van der Waals surface area contributed by atoms with Crippen molar-refractivity contribution < 1.29 is 19.1 Å². The van der Waals surface area contributed by atoms with E-state index >= 15 is 0 Å². The number of carbonyl (C=O) groups is 3. The first-order valence-electron chi connectivity index (χ1n) is 7.96. The summed E-state index contributed by atoms with van der Waals surface area (Å²) in [6, 6.07) is 7.61. The first-order valence-corrected chi connectivity index (χ1v) is 8.78. The van der Waals surface area contributed by atoms with Gasteiger partial charge in [0, 0.05) is 19.8 Å². The molecule has 7 heteroatoms. The molecule has 0 aliphatic carbocycles. The zero-order chi connectivity index (χ0) is 18.6. The van der Waals surface area contributed by atoms with Gasteiger partial charge >= 0.3 is 5.97 Å². The minimum absolute atomic E-state index is 0.198. The van der Waals surface area contributed by atoms with Gasteiger partial charge in [-0.25, -0.2) is 0 Å². The van der Waals surface area contributed by atoms with Crippen molar-refractivity contribution in [3.8, 4) is 0 Å². The fourth-order valence-electron chi connectivity index (χ4n) is 2.09. The van der Waals surface area contributed by atoms with Crippen LogP contribution >= 0.6 is 11.8 Å². The number of benzene rings is 1. The fraction of sp³-hybridized carbons (Fsp3) is 0.389. The average Bonchev–Trinajstić information content (AvgIpc) is 2.81. The maximum Gasteiger partial charge on any atom is 0.326 e. The van der Waals surface area contributed by atoms with Crippen molar-refractivity contribution in [2.75, 3.05) is 32.1 Å². The predicted molar refractivity (Wildman–Crippen MR) is 99.2 cm³/mol. The van der Waals surface area contributed by atoms with Crippen molar-refractivity contribution in [2.24, 2.45) is 5.92 Å². The molecule has 1 heterocycles. The SMILES string of the molecule is CC(C)COC(=O)CN1C(=O)S/C(=C/c2ccc(N(C)C)cc2)C1=O. The van der Waals surface area contributed by atoms with Gasteiger partial charge in [0.1, 0.15) is 6.54 Å². The molecule has 0 aromatic heterocycles. The summed E-state index contributed by atoms with van der Waals surface area (Å²) in [5, 5.41) is -0.456. The van der Waals surface area contributed by atoms with E-state index in [1.54, 1.807) is 6.08 Å². The quantitative estimate of drug-likeness (QED) is 0.572. The summed E-state index contributed by atoms with van der Waals surface area (Å²) >= 11 is 0.834. The number of ether oxygens (including phenoxy) is 1. The first kappa shape index (κ1) is 19.1. The van der Waals surface area contributed by atoms with Gasteiger partial charge in [0.15, 0.2) is 0 Å². The third kappa shape index (κ3) is 5.09. The van der Waals surface area contributed by atoms with Crippen LogP contribution in [-0.2, 0) is 14.3 Å². The molecule has 0 radical (unpaired) electrons. The Labute approximate surface area is 151 Å². The fourth-order valence-corrected chi connectivity index (χ4v) is 2.93. The van der Waals surface area contributed by atoms with Gasteiger partial charge in [0.05, 0.1) is 11.5 Å². The minimum Gasteiger partial charge on any atom is -0.464 e. The molecular weight excluding hydrogens is 340 g/mol. The molecule has 0 bridgehead atoms. The molecule has 2 rings (SSSR count). The van der Waals surface area contributed by atoms with E-state index in [-0.39, 0.29) is 19.1 Å². The van der Waals surface area contributed by atoms with Crippen LogP contribution in [0, 0.1) is 5.92 Å². The smallest absolute Gasteiger partial charge is 0.326 e. The van der Waals surface area contributed by atoms with Crippen LogP contribution in [0.25, 0.3) is 6.08 Å². The van der Waals surface area contributed by atoms with Crippen molar-refractivity contribution in [1.29, 1.82) is 0 Å². The summed E-state index contributed by atoms with van der Waals surface area (Å²) in [5.41, 5.74) is 1.86. The Kier molecular flexibility index (Phi) is 6.25. The molecule has 6 nitrogen and oxygen atoms in total. The lowest BCUT2D eigenvalue weighted by atomic mass is 10.2. The molecule has 134 valence electrons. The number of nitrogens with zero attached hydrogens (tertiary/aromatic N) is 2. The predicted octanol–water partition coefficient (Wildman–Crippen LogP) is 2.99. The Morgan fingerprint density at radius 2 is 1.88 bits per heavy atom. The van der Waals surface area contributed by atoms with Crippen LogP contribution in [0.4, 0.5) is 10.5 Å². The molecule has 0 saturated carbocycles. The zero-order valence-corrected chi connectivity index (χ0v) is 15.6. The molecule has 2 amide bonds. The number of hydrogen-bond donors (Lipinski definition) is 0. The number of hydrogen-bond acceptors (Lipinski definition) is 6. The number of anilines is 1. The van der Waals surface area contributed by atoms with Gasteiger partial charge in [-0.15, -0.1) is 0 Å². The highest BCUT2D eigenvalue weighted by atomic mass is 32.2. The second-order valence-corrected chi connectivity index (χ2v) is 7.32. The molecule has 0 atom stereocenters. The van der Waals surface area contributed by atoms with Gasteiger partial charge in [0.2, 0.25) is 0 Å². The lowest BCUT2D eigenvalue weighted by molar-refractivity contribution is -0.147. The second-order valence-electron chi connectivity index (χ2n) is 6.33. The number of thioether (sulfide) groups is 1. The second kappa shape index (κ2) is 8.20. The van der Waals surface area contributed by atoms with E-state index in [0.29, 0.717) is 4.91 Å². The molecule has 25 heavy (non-hydrogen) atoms. The van der Waals surface area contributed by atoms with Crippen LogP contribution in [0.1, 0.15) is 19.4 Å². The van der Waals surface area contributed by atoms with E-state index in [4.69, 9.17) is 4.74 Å². The summed E-state index contributed by atoms with van der Waals surface area (Å²) in [6.07, 6.45) is 1.66. The Balaban J connectivity index is 2.05. The topological polar surface area (TPSA) is 66.9 Å². The highest BCUT2D eigenvalue weighted by Gasteiger charge is 2.36. The summed E-state index contributed by atoms with van der Waals surface area (Å²) in [7, 11) is 3.89. The van der Waals surface area contributed by atoms with E-state index in [1.807, 2.05) is 57.1 Å². The van der Waals surface area contributed by atoms with Crippen LogP contribution in [0.2, 0.25) is 0 Å². The maximum absolute atomic E-state index is 12.4. The Hall–Kier alpha value is -2.28. The van der Waals surface area contributed by atoms with Crippen LogP contribution in [0.15, 0.2) is 29.2 Å². The third-order valence-electron chi connectivity index (χ3n) is 3.45. The van der Waals surface area contributed by atoms with E-state index in [2.05, 4.69) is 0 Å². The highest BCUT2D eigenvalue weighted by Crippen LogP contribution is 2.32. The largest absolute Gasteiger partial charge is 0.464 e. The molecule has 1 saturated heterocycles. The van der Waals surface area contributed by atoms with E-state index in [0.717, 1.165) is 27.9 Å². The minimum atomic E-state index is -0.576. The van der Waals surface area contributed by atoms with E-state index in [9.17, 15) is 14.4 Å². The van der Waals surface area contributed by atoms with Gasteiger partial charge in [-0.1, -0.05) is 26.0 Å². The van der Waals surface area contributed by atoms with Crippen molar-refractivity contribution in [3.05, 3.63) is 34.7 Å². The summed E-state index contributed by atoms with van der Waals surface area (Å²) < 4.78 is 5.03. The number of carbonyl (C=O) groups excluding carboxylic acids is 3. The van der Waals surface area contributed by atoms with Gasteiger partial charge in [-0.2, -0.15) is 0 Å². The first-order chi connectivity index (χ1) is 11.8. The maximum atomic E-state index is 12.4. The van der Waals surface area contributed by atoms with Crippen LogP contribution < -0.4 is 4.90 Å². The summed E-state index contributed by atoms with van der Waals surface area (Å²) in [6.45, 7) is 3.74.